The Kier molecular flexibility index (Phi) is 2.51. The first kappa shape index (κ1) is 9.23. The van der Waals surface area contributed by atoms with Gasteiger partial charge in [0.25, 0.3) is 0 Å². The summed E-state index contributed by atoms with van der Waals surface area (Å²) < 4.78 is 0. The molecule has 0 bridgehead atoms. The molecular weight excluding hydrogens is 196 g/mol. The lowest BCUT2D eigenvalue weighted by molar-refractivity contribution is 0.852. The van der Waals surface area contributed by atoms with Gasteiger partial charge in [0.05, 0.1) is 11.4 Å². The number of thiophene rings is 1. The molecule has 2 aromatic rings. The Labute approximate surface area is 85.9 Å². The molecular formula is C9H10N4S. The Morgan fingerprint density at radius 1 is 1.36 bits per heavy atom. The molecule has 4 nitrogen and oxygen atoms in total. The monoisotopic (exact) mass is 206 g/mol. The van der Waals surface area contributed by atoms with E-state index < -0.39 is 0 Å². The van der Waals surface area contributed by atoms with Crippen LogP contribution in [-0.4, -0.2) is 15.0 Å². The predicted molar refractivity (Wildman–Crippen MR) is 55.8 cm³/mol. The minimum atomic E-state index is 0.349. The Bertz CT molecular complexity index is 424. The van der Waals surface area contributed by atoms with Gasteiger partial charge in [0.15, 0.2) is 5.82 Å². The van der Waals surface area contributed by atoms with E-state index in [1.165, 1.54) is 0 Å². The van der Waals surface area contributed by atoms with E-state index in [0.29, 0.717) is 24.0 Å². The fraction of sp³-hybridized carbons (Fsp3) is 0.222. The molecule has 72 valence electrons. The number of nitrogens with two attached hydrogens (primary N) is 1. The molecule has 2 N–H and O–H groups in total. The first-order valence-electron chi connectivity index (χ1n) is 4.25. The predicted octanol–water partition coefficient (Wildman–Crippen LogP) is 1.37. The fourth-order valence-electron chi connectivity index (χ4n) is 1.14. The highest BCUT2D eigenvalue weighted by Gasteiger charge is 2.05. The molecule has 2 heterocycles. The molecule has 2 aromatic heterocycles. The van der Waals surface area contributed by atoms with Crippen molar-refractivity contribution in [3.05, 3.63) is 29.2 Å². The molecule has 0 radical (unpaired) electrons. The maximum absolute atomic E-state index is 5.49. The molecule has 0 aliphatic rings. The van der Waals surface area contributed by atoms with Gasteiger partial charge < -0.3 is 5.73 Å². The van der Waals surface area contributed by atoms with Gasteiger partial charge >= 0.3 is 0 Å². The van der Waals surface area contributed by atoms with Crippen molar-refractivity contribution in [1.82, 2.24) is 15.0 Å². The van der Waals surface area contributed by atoms with E-state index in [1.807, 2.05) is 24.4 Å². The minimum absolute atomic E-state index is 0.349. The van der Waals surface area contributed by atoms with Crippen molar-refractivity contribution in [3.63, 3.8) is 0 Å². The van der Waals surface area contributed by atoms with Gasteiger partial charge in [0.2, 0.25) is 0 Å². The second-order valence-corrected chi connectivity index (χ2v) is 3.75. The van der Waals surface area contributed by atoms with Crippen molar-refractivity contribution in [2.24, 2.45) is 5.73 Å². The van der Waals surface area contributed by atoms with E-state index in [9.17, 15) is 0 Å². The molecule has 0 aliphatic carbocycles. The summed E-state index contributed by atoms with van der Waals surface area (Å²) in [4.78, 5) is 13.7. The van der Waals surface area contributed by atoms with Crippen molar-refractivity contribution in [2.75, 3.05) is 0 Å². The van der Waals surface area contributed by atoms with Gasteiger partial charge in [-0.3, -0.25) is 0 Å². The maximum atomic E-state index is 5.49. The first-order chi connectivity index (χ1) is 6.79. The lowest BCUT2D eigenvalue weighted by Crippen LogP contribution is -2.06. The zero-order valence-corrected chi connectivity index (χ0v) is 8.58. The summed E-state index contributed by atoms with van der Waals surface area (Å²) in [7, 11) is 0. The molecule has 0 fully saturated rings. The lowest BCUT2D eigenvalue weighted by atomic mass is 10.4. The van der Waals surface area contributed by atoms with E-state index in [1.54, 1.807) is 11.3 Å². The Hall–Kier alpha value is -1.33. The van der Waals surface area contributed by atoms with E-state index in [0.717, 1.165) is 4.88 Å². The molecule has 0 saturated heterocycles. The number of nitrogens with zero attached hydrogens (tertiary/aromatic N) is 3. The SMILES string of the molecule is Cc1nc(CN)nc(-c2cccs2)n1. The molecule has 14 heavy (non-hydrogen) atoms. The van der Waals surface area contributed by atoms with Crippen molar-refractivity contribution >= 4 is 11.3 Å². The number of rotatable bonds is 2. The standard InChI is InChI=1S/C9H10N4S/c1-6-11-8(5-10)13-9(12-6)7-3-2-4-14-7/h2-4H,5,10H2,1H3. The Morgan fingerprint density at radius 2 is 2.21 bits per heavy atom. The van der Waals surface area contributed by atoms with Crippen LogP contribution < -0.4 is 5.73 Å². The fourth-order valence-corrected chi connectivity index (χ4v) is 1.80. The van der Waals surface area contributed by atoms with Crippen molar-refractivity contribution in [2.45, 2.75) is 13.5 Å². The third-order valence-electron chi connectivity index (χ3n) is 1.72. The molecule has 0 aromatic carbocycles. The zero-order chi connectivity index (χ0) is 9.97. The highest BCUT2D eigenvalue weighted by molar-refractivity contribution is 7.13. The third kappa shape index (κ3) is 1.78. The van der Waals surface area contributed by atoms with Crippen LogP contribution in [0.1, 0.15) is 11.6 Å². The lowest BCUT2D eigenvalue weighted by Gasteiger charge is -2.00. The van der Waals surface area contributed by atoms with E-state index in [-0.39, 0.29) is 0 Å². The normalized spacial score (nSPS) is 10.4. The summed E-state index contributed by atoms with van der Waals surface area (Å²) >= 11 is 1.61. The van der Waals surface area contributed by atoms with E-state index in [2.05, 4.69) is 15.0 Å². The summed E-state index contributed by atoms with van der Waals surface area (Å²) in [5.41, 5.74) is 5.49. The Balaban J connectivity index is 2.48. The number of hydrogen-bond acceptors (Lipinski definition) is 5. The van der Waals surface area contributed by atoms with Crippen LogP contribution in [0.3, 0.4) is 0 Å². The van der Waals surface area contributed by atoms with Crippen LogP contribution in [0.5, 0.6) is 0 Å². The van der Waals surface area contributed by atoms with Crippen LogP contribution in [0.2, 0.25) is 0 Å². The molecule has 0 saturated carbocycles. The van der Waals surface area contributed by atoms with Crippen LogP contribution in [0, 0.1) is 6.92 Å². The molecule has 0 unspecified atom stereocenters. The summed E-state index contributed by atoms with van der Waals surface area (Å²) in [6.07, 6.45) is 0. The van der Waals surface area contributed by atoms with Gasteiger partial charge in [0, 0.05) is 0 Å². The van der Waals surface area contributed by atoms with E-state index in [4.69, 9.17) is 5.73 Å². The molecule has 2 rings (SSSR count). The maximum Gasteiger partial charge on any atom is 0.173 e. The third-order valence-corrected chi connectivity index (χ3v) is 2.58. The van der Waals surface area contributed by atoms with Gasteiger partial charge in [0.1, 0.15) is 11.6 Å². The summed E-state index contributed by atoms with van der Waals surface area (Å²) in [6.45, 7) is 2.19. The second-order valence-electron chi connectivity index (χ2n) is 2.80. The highest BCUT2D eigenvalue weighted by Crippen LogP contribution is 2.20. The summed E-state index contributed by atoms with van der Waals surface area (Å²) in [5, 5.41) is 2.00. The van der Waals surface area contributed by atoms with Crippen LogP contribution >= 0.6 is 11.3 Å². The Morgan fingerprint density at radius 3 is 2.86 bits per heavy atom. The quantitative estimate of drug-likeness (QED) is 0.806. The van der Waals surface area contributed by atoms with Gasteiger partial charge in [-0.2, -0.15) is 0 Å². The van der Waals surface area contributed by atoms with Gasteiger partial charge in [-0.1, -0.05) is 6.07 Å². The topological polar surface area (TPSA) is 64.7 Å². The van der Waals surface area contributed by atoms with Gasteiger partial charge in [-0.05, 0) is 18.4 Å². The van der Waals surface area contributed by atoms with Crippen molar-refractivity contribution in [1.29, 1.82) is 0 Å². The van der Waals surface area contributed by atoms with Crippen LogP contribution in [0.4, 0.5) is 0 Å². The first-order valence-corrected chi connectivity index (χ1v) is 5.13. The average molecular weight is 206 g/mol. The number of aromatic nitrogens is 3. The highest BCUT2D eigenvalue weighted by atomic mass is 32.1. The second kappa shape index (κ2) is 3.81. The van der Waals surface area contributed by atoms with E-state index >= 15 is 0 Å². The molecule has 0 spiro atoms. The molecule has 0 atom stereocenters. The molecule has 0 aliphatic heterocycles. The summed E-state index contributed by atoms with van der Waals surface area (Å²) in [5.74, 6) is 2.07. The van der Waals surface area contributed by atoms with Gasteiger partial charge in [-0.25, -0.2) is 15.0 Å². The average Bonchev–Trinajstić information content (AvgIpc) is 2.69. The largest absolute Gasteiger partial charge is 0.324 e. The number of hydrogen-bond donors (Lipinski definition) is 1. The van der Waals surface area contributed by atoms with Crippen molar-refractivity contribution < 1.29 is 0 Å². The van der Waals surface area contributed by atoms with Gasteiger partial charge in [-0.15, -0.1) is 11.3 Å². The molecule has 5 heteroatoms. The number of aryl methyl sites for hydroxylation is 1. The summed E-state index contributed by atoms with van der Waals surface area (Å²) in [6, 6.07) is 3.96. The minimum Gasteiger partial charge on any atom is -0.324 e. The van der Waals surface area contributed by atoms with Crippen LogP contribution in [0.15, 0.2) is 17.5 Å². The zero-order valence-electron chi connectivity index (χ0n) is 7.77. The molecule has 0 amide bonds. The smallest absolute Gasteiger partial charge is 0.173 e. The van der Waals surface area contributed by atoms with Crippen LogP contribution in [0.25, 0.3) is 10.7 Å². The van der Waals surface area contributed by atoms with Crippen LogP contribution in [-0.2, 0) is 6.54 Å². The van der Waals surface area contributed by atoms with Crippen molar-refractivity contribution in [3.8, 4) is 10.7 Å².